The van der Waals surface area contributed by atoms with Crippen LogP contribution in [0.25, 0.3) is 21.7 Å². The molecule has 0 saturated heterocycles. The highest BCUT2D eigenvalue weighted by Crippen LogP contribution is 2.42. The van der Waals surface area contributed by atoms with Gasteiger partial charge in [0.05, 0.1) is 22.1 Å². The molecule has 3 aromatic carbocycles. The Hall–Kier alpha value is -3.30. The molecule has 0 aliphatic carbocycles. The van der Waals surface area contributed by atoms with E-state index in [1.54, 1.807) is 0 Å². The molecule has 0 aliphatic heterocycles. The second-order valence-electron chi connectivity index (χ2n) is 10.6. The molecule has 0 radical (unpaired) electrons. The molecule has 4 aromatic rings. The summed E-state index contributed by atoms with van der Waals surface area (Å²) in [6.45, 7) is 11.0. The van der Waals surface area contributed by atoms with Crippen LogP contribution in [0.1, 0.15) is 50.3 Å². The van der Waals surface area contributed by atoms with Gasteiger partial charge in [-0.3, -0.25) is 4.72 Å². The molecule has 206 valence electrons. The van der Waals surface area contributed by atoms with Gasteiger partial charge in [-0.25, -0.2) is 22.2 Å². The van der Waals surface area contributed by atoms with Gasteiger partial charge >= 0.3 is 0 Å². The zero-order chi connectivity index (χ0) is 28.4. The number of benzene rings is 3. The monoisotopic (exact) mass is 570 g/mol. The molecule has 9 heteroatoms. The van der Waals surface area contributed by atoms with Crippen molar-refractivity contribution in [2.45, 2.75) is 52.4 Å². The van der Waals surface area contributed by atoms with Crippen LogP contribution in [0.2, 0.25) is 0 Å². The number of nitrogens with zero attached hydrogens (tertiary/aromatic N) is 1. The summed E-state index contributed by atoms with van der Waals surface area (Å²) in [5.41, 5.74) is 4.16. The normalized spacial score (nSPS) is 12.1. The van der Waals surface area contributed by atoms with Crippen molar-refractivity contribution in [2.75, 3.05) is 11.3 Å². The third-order valence-electron chi connectivity index (χ3n) is 6.20. The number of aromatic nitrogens is 1. The minimum Gasteiger partial charge on any atom is -0.494 e. The number of thiazole rings is 1. The molecular formula is C30H32F2N2O3S2. The summed E-state index contributed by atoms with van der Waals surface area (Å²) in [7, 11) is -4.15. The molecule has 0 spiro atoms. The Morgan fingerprint density at radius 3 is 2.31 bits per heavy atom. The molecule has 0 atom stereocenters. The Kier molecular flexibility index (Phi) is 8.42. The molecule has 0 aliphatic rings. The van der Waals surface area contributed by atoms with Crippen LogP contribution in [0.5, 0.6) is 5.75 Å². The number of halogens is 2. The maximum Gasteiger partial charge on any atom is 0.263 e. The van der Waals surface area contributed by atoms with Gasteiger partial charge in [0.25, 0.3) is 16.4 Å². The summed E-state index contributed by atoms with van der Waals surface area (Å²) < 4.78 is 61.2. The Morgan fingerprint density at radius 1 is 0.974 bits per heavy atom. The van der Waals surface area contributed by atoms with Crippen molar-refractivity contribution >= 4 is 26.5 Å². The van der Waals surface area contributed by atoms with Crippen LogP contribution in [0.3, 0.4) is 0 Å². The third-order valence-corrected chi connectivity index (χ3v) is 8.69. The lowest BCUT2D eigenvalue weighted by atomic mass is 9.93. The summed E-state index contributed by atoms with van der Waals surface area (Å²) in [6, 6.07) is 18.3. The summed E-state index contributed by atoms with van der Waals surface area (Å²) in [5, 5.41) is 0.143. The first-order valence-electron chi connectivity index (χ1n) is 12.6. The van der Waals surface area contributed by atoms with Crippen LogP contribution in [-0.2, 0) is 10.0 Å². The third kappa shape index (κ3) is 7.02. The van der Waals surface area contributed by atoms with Gasteiger partial charge in [-0.2, -0.15) is 0 Å². The van der Waals surface area contributed by atoms with E-state index in [1.165, 1.54) is 29.5 Å². The standard InChI is InChI=1S/C30H32F2N2O3S2/c1-19-9-6-10-20(2)25(19)26-27(21-11-7-13-23(17-21)37-16-15-30(3,4)5)38-29(33-26)34-39(35,36)24-14-8-12-22(18-24)28(31)32/h6-14,17-18,28H,15-16H2,1-5H3,(H,33,34). The predicted molar refractivity (Wildman–Crippen MR) is 154 cm³/mol. The molecule has 0 bridgehead atoms. The van der Waals surface area contributed by atoms with Crippen LogP contribution in [-0.4, -0.2) is 20.0 Å². The van der Waals surface area contributed by atoms with Gasteiger partial charge in [-0.05, 0) is 66.6 Å². The minimum absolute atomic E-state index is 0.143. The number of sulfonamides is 1. The van der Waals surface area contributed by atoms with Crippen LogP contribution in [0, 0.1) is 19.3 Å². The number of aryl methyl sites for hydroxylation is 2. The number of hydrogen-bond donors (Lipinski definition) is 1. The molecule has 0 unspecified atom stereocenters. The zero-order valence-corrected chi connectivity index (χ0v) is 24.2. The SMILES string of the molecule is Cc1cccc(C)c1-c1nc(NS(=O)(=O)c2cccc(C(F)F)c2)sc1-c1cccc(OCCC(C)(C)C)c1. The second kappa shape index (κ2) is 11.4. The van der Waals surface area contributed by atoms with E-state index < -0.39 is 16.4 Å². The lowest BCUT2D eigenvalue weighted by molar-refractivity contribution is 0.151. The molecule has 0 amide bonds. The number of rotatable bonds is 9. The Morgan fingerprint density at radius 2 is 1.64 bits per heavy atom. The minimum atomic E-state index is -4.15. The van der Waals surface area contributed by atoms with Crippen LogP contribution in [0.4, 0.5) is 13.9 Å². The fraction of sp³-hybridized carbons (Fsp3) is 0.300. The summed E-state index contributed by atoms with van der Waals surface area (Å²) >= 11 is 1.19. The first-order valence-corrected chi connectivity index (χ1v) is 14.9. The van der Waals surface area contributed by atoms with Crippen LogP contribution in [0.15, 0.2) is 71.6 Å². The molecular weight excluding hydrogens is 538 g/mol. The van der Waals surface area contributed by atoms with Crippen molar-refractivity contribution in [1.82, 2.24) is 4.98 Å². The smallest absolute Gasteiger partial charge is 0.263 e. The highest BCUT2D eigenvalue weighted by molar-refractivity contribution is 7.93. The fourth-order valence-corrected chi connectivity index (χ4v) is 6.37. The van der Waals surface area contributed by atoms with E-state index >= 15 is 0 Å². The second-order valence-corrected chi connectivity index (χ2v) is 13.3. The molecule has 4 rings (SSSR count). The summed E-state index contributed by atoms with van der Waals surface area (Å²) in [5.74, 6) is 0.712. The van der Waals surface area contributed by atoms with Gasteiger partial charge < -0.3 is 4.74 Å². The Balaban J connectivity index is 1.75. The van der Waals surface area contributed by atoms with Crippen molar-refractivity contribution in [3.63, 3.8) is 0 Å². The van der Waals surface area contributed by atoms with E-state index in [-0.39, 0.29) is 21.0 Å². The summed E-state index contributed by atoms with van der Waals surface area (Å²) in [4.78, 5) is 5.23. The average Bonchev–Trinajstić information content (AvgIpc) is 3.26. The molecule has 1 N–H and O–H groups in total. The van der Waals surface area contributed by atoms with E-state index in [9.17, 15) is 17.2 Å². The number of nitrogens with one attached hydrogen (secondary N) is 1. The summed E-state index contributed by atoms with van der Waals surface area (Å²) in [6.07, 6.45) is -1.88. The van der Waals surface area contributed by atoms with E-state index in [0.29, 0.717) is 18.1 Å². The number of alkyl halides is 2. The van der Waals surface area contributed by atoms with Gasteiger partial charge in [0.2, 0.25) is 0 Å². The fourth-order valence-electron chi connectivity index (χ4n) is 4.11. The van der Waals surface area contributed by atoms with Gasteiger partial charge in [0.15, 0.2) is 5.13 Å². The largest absolute Gasteiger partial charge is 0.494 e. The van der Waals surface area contributed by atoms with Crippen molar-refractivity contribution in [2.24, 2.45) is 5.41 Å². The van der Waals surface area contributed by atoms with E-state index in [1.807, 2.05) is 56.3 Å². The molecule has 0 saturated carbocycles. The Labute approximate surface area is 233 Å². The van der Waals surface area contributed by atoms with E-state index in [2.05, 4.69) is 25.5 Å². The number of ether oxygens (including phenoxy) is 1. The van der Waals surface area contributed by atoms with E-state index in [0.717, 1.165) is 39.6 Å². The molecule has 1 heterocycles. The molecule has 1 aromatic heterocycles. The first-order chi connectivity index (χ1) is 18.3. The van der Waals surface area contributed by atoms with Crippen LogP contribution >= 0.6 is 11.3 Å². The van der Waals surface area contributed by atoms with Gasteiger partial charge in [0.1, 0.15) is 5.75 Å². The zero-order valence-electron chi connectivity index (χ0n) is 22.6. The maximum atomic E-state index is 13.2. The van der Waals surface area contributed by atoms with Crippen molar-refractivity contribution in [3.8, 4) is 27.4 Å². The maximum absolute atomic E-state index is 13.2. The van der Waals surface area contributed by atoms with Crippen molar-refractivity contribution in [1.29, 1.82) is 0 Å². The van der Waals surface area contributed by atoms with Gasteiger partial charge in [-0.1, -0.05) is 74.6 Å². The first kappa shape index (κ1) is 28.7. The molecule has 5 nitrogen and oxygen atoms in total. The topological polar surface area (TPSA) is 68.3 Å². The average molecular weight is 571 g/mol. The van der Waals surface area contributed by atoms with Crippen molar-refractivity contribution in [3.05, 3.63) is 83.4 Å². The highest BCUT2D eigenvalue weighted by Gasteiger charge is 2.23. The quantitative estimate of drug-likeness (QED) is 0.219. The van der Waals surface area contributed by atoms with E-state index in [4.69, 9.17) is 9.72 Å². The van der Waals surface area contributed by atoms with Crippen molar-refractivity contribution < 1.29 is 21.9 Å². The molecule has 39 heavy (non-hydrogen) atoms. The number of anilines is 1. The number of hydrogen-bond acceptors (Lipinski definition) is 5. The predicted octanol–water partition coefficient (Wildman–Crippen LogP) is 8.65. The Bertz CT molecular complexity index is 1560. The van der Waals surface area contributed by atoms with Gasteiger partial charge in [0, 0.05) is 11.1 Å². The highest BCUT2D eigenvalue weighted by atomic mass is 32.2. The van der Waals surface area contributed by atoms with Gasteiger partial charge in [-0.15, -0.1) is 0 Å². The van der Waals surface area contributed by atoms with Crippen LogP contribution < -0.4 is 9.46 Å². The molecule has 0 fully saturated rings. The lowest BCUT2D eigenvalue weighted by Gasteiger charge is -2.18. The lowest BCUT2D eigenvalue weighted by Crippen LogP contribution is -2.13.